The maximum atomic E-state index is 10.4. The number of nitrogens with zero attached hydrogens (tertiary/aromatic N) is 2. The van der Waals surface area contributed by atoms with Crippen molar-refractivity contribution >= 4 is 5.97 Å². The van der Waals surface area contributed by atoms with E-state index in [2.05, 4.69) is 16.5 Å². The Bertz CT molecular complexity index is 336. The summed E-state index contributed by atoms with van der Waals surface area (Å²) >= 11 is 0. The largest absolute Gasteiger partial charge is 0.481 e. The molecule has 0 saturated carbocycles. The topological polar surface area (TPSA) is 81.1 Å². The third-order valence-electron chi connectivity index (χ3n) is 2.44. The number of aryl methyl sites for hydroxylation is 1. The summed E-state index contributed by atoms with van der Waals surface area (Å²) in [7, 11) is 0. The normalized spacial score (nSPS) is 12.6. The van der Waals surface area contributed by atoms with Crippen molar-refractivity contribution in [3.05, 3.63) is 18.2 Å². The molecule has 0 aliphatic heterocycles. The molecule has 0 aliphatic carbocycles. The fraction of sp³-hybridized carbons (Fsp3) is 0.636. The summed E-state index contributed by atoms with van der Waals surface area (Å²) in [5.74, 6) is 0.145. The number of carbonyl (C=O) groups is 1. The van der Waals surface area contributed by atoms with Crippen molar-refractivity contribution in [2.24, 2.45) is 5.73 Å². The lowest BCUT2D eigenvalue weighted by Gasteiger charge is -2.11. The number of hydrogen-bond acceptors (Lipinski definition) is 3. The predicted octanol–water partition coefficient (Wildman–Crippen LogP) is 1.03. The highest BCUT2D eigenvalue weighted by Gasteiger charge is 2.10. The van der Waals surface area contributed by atoms with Gasteiger partial charge >= 0.3 is 5.97 Å². The zero-order valence-corrected chi connectivity index (χ0v) is 9.59. The molecule has 0 aromatic carbocycles. The first-order valence-electron chi connectivity index (χ1n) is 5.60. The smallest absolute Gasteiger partial charge is 0.303 e. The molecule has 5 nitrogen and oxygen atoms in total. The average Bonchev–Trinajstić information content (AvgIpc) is 2.63. The number of hydrogen-bond donors (Lipinski definition) is 2. The van der Waals surface area contributed by atoms with Crippen LogP contribution in [0.2, 0.25) is 0 Å². The number of carboxylic acids is 1. The van der Waals surface area contributed by atoms with Crippen molar-refractivity contribution in [3.8, 4) is 0 Å². The van der Waals surface area contributed by atoms with Crippen LogP contribution in [0, 0.1) is 0 Å². The van der Waals surface area contributed by atoms with Crippen molar-refractivity contribution in [2.75, 3.05) is 0 Å². The molecule has 1 aromatic heterocycles. The fourth-order valence-corrected chi connectivity index (χ4v) is 1.62. The Morgan fingerprint density at radius 1 is 1.69 bits per heavy atom. The second-order valence-electron chi connectivity index (χ2n) is 3.93. The van der Waals surface area contributed by atoms with Gasteiger partial charge in [0.2, 0.25) is 0 Å². The molecule has 0 spiro atoms. The molecule has 0 radical (unpaired) electrons. The van der Waals surface area contributed by atoms with Crippen LogP contribution >= 0.6 is 0 Å². The number of aliphatic carboxylic acids is 1. The second-order valence-corrected chi connectivity index (χ2v) is 3.93. The van der Waals surface area contributed by atoms with Gasteiger partial charge in [-0.1, -0.05) is 6.92 Å². The van der Waals surface area contributed by atoms with E-state index in [9.17, 15) is 4.79 Å². The molecule has 16 heavy (non-hydrogen) atoms. The van der Waals surface area contributed by atoms with Gasteiger partial charge < -0.3 is 15.4 Å². The Balaban J connectivity index is 2.45. The van der Waals surface area contributed by atoms with Gasteiger partial charge in [-0.3, -0.25) is 4.79 Å². The Hall–Kier alpha value is -1.36. The maximum Gasteiger partial charge on any atom is 0.303 e. The minimum absolute atomic E-state index is 0.121. The maximum absolute atomic E-state index is 10.4. The molecule has 5 heteroatoms. The molecule has 90 valence electrons. The molecular weight excluding hydrogens is 206 g/mol. The van der Waals surface area contributed by atoms with Gasteiger partial charge in [-0.15, -0.1) is 0 Å². The van der Waals surface area contributed by atoms with Crippen molar-refractivity contribution in [3.63, 3.8) is 0 Å². The van der Waals surface area contributed by atoms with Gasteiger partial charge in [0.25, 0.3) is 0 Å². The fourth-order valence-electron chi connectivity index (χ4n) is 1.62. The number of aromatic nitrogens is 2. The molecule has 1 heterocycles. The van der Waals surface area contributed by atoms with Crippen molar-refractivity contribution in [1.82, 2.24) is 9.55 Å². The van der Waals surface area contributed by atoms with Crippen LogP contribution < -0.4 is 5.73 Å². The molecule has 0 bridgehead atoms. The van der Waals surface area contributed by atoms with Gasteiger partial charge in [0.05, 0.1) is 0 Å². The van der Waals surface area contributed by atoms with E-state index >= 15 is 0 Å². The van der Waals surface area contributed by atoms with E-state index in [-0.39, 0.29) is 12.5 Å². The summed E-state index contributed by atoms with van der Waals surface area (Å²) in [6.45, 7) is 3.04. The molecule has 1 unspecified atom stereocenters. The molecule has 1 aromatic rings. The van der Waals surface area contributed by atoms with E-state index in [0.717, 1.165) is 18.8 Å². The van der Waals surface area contributed by atoms with E-state index in [1.807, 2.05) is 6.20 Å². The van der Waals surface area contributed by atoms with Gasteiger partial charge in [-0.2, -0.15) is 0 Å². The second kappa shape index (κ2) is 6.27. The Morgan fingerprint density at radius 3 is 3.06 bits per heavy atom. The standard InChI is InChI=1S/C11H19N3O2/c1-2-6-14-7-5-13-10(14)8-9(12)3-4-11(15)16/h5,7,9H,2-4,6,8,12H2,1H3,(H,15,16). The first-order chi connectivity index (χ1) is 7.63. The van der Waals surface area contributed by atoms with E-state index in [0.29, 0.717) is 12.8 Å². The summed E-state index contributed by atoms with van der Waals surface area (Å²) in [5.41, 5.74) is 5.86. The van der Waals surface area contributed by atoms with Crippen LogP contribution in [0.25, 0.3) is 0 Å². The lowest BCUT2D eigenvalue weighted by molar-refractivity contribution is -0.137. The van der Waals surface area contributed by atoms with Crippen LogP contribution in [-0.4, -0.2) is 26.7 Å². The predicted molar refractivity (Wildman–Crippen MR) is 61.1 cm³/mol. The molecular formula is C11H19N3O2. The third-order valence-corrected chi connectivity index (χ3v) is 2.44. The summed E-state index contributed by atoms with van der Waals surface area (Å²) in [4.78, 5) is 14.6. The van der Waals surface area contributed by atoms with Crippen molar-refractivity contribution in [2.45, 2.75) is 45.2 Å². The lowest BCUT2D eigenvalue weighted by atomic mass is 10.1. The third kappa shape index (κ3) is 4.02. The van der Waals surface area contributed by atoms with Crippen LogP contribution in [0.15, 0.2) is 12.4 Å². The molecule has 0 aliphatic rings. The van der Waals surface area contributed by atoms with E-state index in [4.69, 9.17) is 10.8 Å². The number of rotatable bonds is 7. The van der Waals surface area contributed by atoms with E-state index < -0.39 is 5.97 Å². The van der Waals surface area contributed by atoms with Gasteiger partial charge in [0.15, 0.2) is 0 Å². The molecule has 3 N–H and O–H groups in total. The summed E-state index contributed by atoms with van der Waals surface area (Å²) in [6.07, 6.45) is 6.00. The molecule has 1 rings (SSSR count). The minimum Gasteiger partial charge on any atom is -0.481 e. The number of carboxylic acid groups (broad SMARTS) is 1. The van der Waals surface area contributed by atoms with Crippen molar-refractivity contribution < 1.29 is 9.90 Å². The van der Waals surface area contributed by atoms with Gasteiger partial charge in [0.1, 0.15) is 5.82 Å². The van der Waals surface area contributed by atoms with Crippen LogP contribution in [0.3, 0.4) is 0 Å². The van der Waals surface area contributed by atoms with Gasteiger partial charge in [-0.05, 0) is 12.8 Å². The minimum atomic E-state index is -0.799. The molecule has 0 amide bonds. The molecule has 0 saturated heterocycles. The van der Waals surface area contributed by atoms with Crippen molar-refractivity contribution in [1.29, 1.82) is 0 Å². The average molecular weight is 225 g/mol. The molecule has 0 fully saturated rings. The number of nitrogens with two attached hydrogens (primary N) is 1. The summed E-state index contributed by atoms with van der Waals surface area (Å²) < 4.78 is 2.07. The zero-order valence-electron chi connectivity index (χ0n) is 9.59. The molecule has 1 atom stereocenters. The van der Waals surface area contributed by atoms with E-state index in [1.165, 1.54) is 0 Å². The van der Waals surface area contributed by atoms with Crippen LogP contribution in [-0.2, 0) is 17.8 Å². The lowest BCUT2D eigenvalue weighted by Crippen LogP contribution is -2.25. The van der Waals surface area contributed by atoms with Gasteiger partial charge in [-0.25, -0.2) is 4.98 Å². The zero-order chi connectivity index (χ0) is 12.0. The van der Waals surface area contributed by atoms with Gasteiger partial charge in [0, 0.05) is 37.8 Å². The summed E-state index contributed by atoms with van der Waals surface area (Å²) in [6, 6.07) is -0.130. The Labute approximate surface area is 95.3 Å². The Morgan fingerprint density at radius 2 is 2.44 bits per heavy atom. The summed E-state index contributed by atoms with van der Waals surface area (Å²) in [5, 5.41) is 8.55. The highest BCUT2D eigenvalue weighted by molar-refractivity contribution is 5.66. The Kier molecular flexibility index (Phi) is 4.98. The monoisotopic (exact) mass is 225 g/mol. The van der Waals surface area contributed by atoms with Crippen LogP contribution in [0.1, 0.15) is 32.0 Å². The highest BCUT2D eigenvalue weighted by Crippen LogP contribution is 2.05. The number of imidazole rings is 1. The van der Waals surface area contributed by atoms with E-state index in [1.54, 1.807) is 6.20 Å². The first kappa shape index (κ1) is 12.7. The highest BCUT2D eigenvalue weighted by atomic mass is 16.4. The van der Waals surface area contributed by atoms with Crippen LogP contribution in [0.5, 0.6) is 0 Å². The first-order valence-corrected chi connectivity index (χ1v) is 5.60. The van der Waals surface area contributed by atoms with Crippen LogP contribution in [0.4, 0.5) is 0 Å². The SMILES string of the molecule is CCCn1ccnc1CC(N)CCC(=O)O. The quantitative estimate of drug-likeness (QED) is 0.726.